The number of nitrogens with one attached hydrogen (secondary N) is 1. The van der Waals surface area contributed by atoms with Crippen molar-refractivity contribution in [2.24, 2.45) is 5.92 Å². The van der Waals surface area contributed by atoms with Crippen molar-refractivity contribution in [1.82, 2.24) is 19.9 Å². The summed E-state index contributed by atoms with van der Waals surface area (Å²) in [7, 11) is 0. The van der Waals surface area contributed by atoms with Crippen molar-refractivity contribution in [1.29, 1.82) is 0 Å². The van der Waals surface area contributed by atoms with Gasteiger partial charge < -0.3 is 10.1 Å². The molecule has 142 valence electrons. The molecule has 0 aliphatic carbocycles. The number of benzene rings is 1. The summed E-state index contributed by atoms with van der Waals surface area (Å²) >= 11 is 0. The molecule has 0 bridgehead atoms. The van der Waals surface area contributed by atoms with Crippen LogP contribution in [0.4, 0.5) is 0 Å². The van der Waals surface area contributed by atoms with Crippen LogP contribution >= 0.6 is 0 Å². The first-order valence-corrected chi connectivity index (χ1v) is 9.71. The van der Waals surface area contributed by atoms with Crippen LogP contribution < -0.4 is 5.32 Å². The number of aromatic nitrogens is 3. The van der Waals surface area contributed by atoms with Gasteiger partial charge in [-0.1, -0.05) is 12.1 Å². The van der Waals surface area contributed by atoms with E-state index in [1.54, 1.807) is 0 Å². The number of nitrogens with zero attached hydrogens (tertiary/aromatic N) is 3. The summed E-state index contributed by atoms with van der Waals surface area (Å²) in [5.41, 5.74) is 4.97. The van der Waals surface area contributed by atoms with E-state index in [0.717, 1.165) is 66.1 Å². The van der Waals surface area contributed by atoms with E-state index >= 15 is 0 Å². The minimum Gasteiger partial charge on any atom is -0.381 e. The fourth-order valence-corrected chi connectivity index (χ4v) is 3.87. The molecule has 1 fully saturated rings. The lowest BCUT2D eigenvalue weighted by molar-refractivity contribution is -0.121. The fourth-order valence-electron chi connectivity index (χ4n) is 3.87. The molecule has 6 nitrogen and oxygen atoms in total. The average molecular weight is 366 g/mol. The van der Waals surface area contributed by atoms with Crippen LogP contribution in [-0.2, 0) is 16.0 Å². The minimum absolute atomic E-state index is 0.103. The minimum atomic E-state index is 0.103. The number of carbonyl (C=O) groups excluding carboxylic acids is 1. The van der Waals surface area contributed by atoms with E-state index < -0.39 is 0 Å². The van der Waals surface area contributed by atoms with Crippen LogP contribution in [0.5, 0.6) is 0 Å². The summed E-state index contributed by atoms with van der Waals surface area (Å²) in [6.45, 7) is 6.44. The molecular formula is C21H26N4O2. The van der Waals surface area contributed by atoms with E-state index in [-0.39, 0.29) is 5.91 Å². The van der Waals surface area contributed by atoms with Gasteiger partial charge in [0.1, 0.15) is 0 Å². The van der Waals surface area contributed by atoms with Gasteiger partial charge in [-0.2, -0.15) is 5.10 Å². The maximum Gasteiger partial charge on any atom is 0.220 e. The van der Waals surface area contributed by atoms with Crippen LogP contribution in [-0.4, -0.2) is 40.3 Å². The zero-order valence-electron chi connectivity index (χ0n) is 16.0. The Morgan fingerprint density at radius 2 is 2.04 bits per heavy atom. The molecule has 0 atom stereocenters. The highest BCUT2D eigenvalue weighted by Gasteiger charge is 2.17. The molecule has 1 saturated heterocycles. The number of amides is 1. The Hall–Kier alpha value is -2.47. The summed E-state index contributed by atoms with van der Waals surface area (Å²) in [6, 6.07) is 8.04. The van der Waals surface area contributed by atoms with Crippen LogP contribution in [0.2, 0.25) is 0 Å². The van der Waals surface area contributed by atoms with Crippen molar-refractivity contribution in [3.63, 3.8) is 0 Å². The molecule has 2 aromatic heterocycles. The molecule has 4 rings (SSSR count). The lowest BCUT2D eigenvalue weighted by Gasteiger charge is -2.22. The fraction of sp³-hybridized carbons (Fsp3) is 0.476. The van der Waals surface area contributed by atoms with Crippen molar-refractivity contribution >= 4 is 22.5 Å². The number of fused-ring (bicyclic) bond motifs is 3. The lowest BCUT2D eigenvalue weighted by atomic mass is 10.0. The van der Waals surface area contributed by atoms with E-state index in [2.05, 4.69) is 17.3 Å². The molecule has 27 heavy (non-hydrogen) atoms. The quantitative estimate of drug-likeness (QED) is 0.754. The van der Waals surface area contributed by atoms with Gasteiger partial charge in [0, 0.05) is 43.0 Å². The van der Waals surface area contributed by atoms with Gasteiger partial charge in [0.05, 0.1) is 5.52 Å². The highest BCUT2D eigenvalue weighted by Crippen LogP contribution is 2.23. The monoisotopic (exact) mass is 366 g/mol. The third-order valence-corrected chi connectivity index (χ3v) is 5.55. The average Bonchev–Trinajstić information content (AvgIpc) is 3.06. The zero-order chi connectivity index (χ0) is 18.8. The standard InChI is InChI=1S/C21H26N4O2/c1-14-17(7-8-20(26)22-13-16-9-11-27-12-10-16)15(2)25-21(23-14)18-5-3-4-6-19(18)24-25/h3-6,16H,7-13H2,1-2H3,(H,22,26). The molecule has 0 unspecified atom stereocenters. The maximum absolute atomic E-state index is 12.3. The van der Waals surface area contributed by atoms with Crippen LogP contribution in [0.3, 0.4) is 0 Å². The molecular weight excluding hydrogens is 340 g/mol. The Bertz CT molecular complexity index is 973. The summed E-state index contributed by atoms with van der Waals surface area (Å²) < 4.78 is 7.28. The van der Waals surface area contributed by atoms with Crippen LogP contribution in [0.15, 0.2) is 24.3 Å². The Labute approximate surface area is 158 Å². The number of carbonyl (C=O) groups is 1. The summed E-state index contributed by atoms with van der Waals surface area (Å²) in [4.78, 5) is 17.1. The SMILES string of the molecule is Cc1nc2c3ccccc3nn2c(C)c1CCC(=O)NCC1CCOCC1. The lowest BCUT2D eigenvalue weighted by Crippen LogP contribution is -2.32. The molecule has 6 heteroatoms. The second kappa shape index (κ2) is 7.64. The normalized spacial score (nSPS) is 15.5. The smallest absolute Gasteiger partial charge is 0.220 e. The molecule has 0 saturated carbocycles. The number of ether oxygens (including phenoxy) is 1. The van der Waals surface area contributed by atoms with E-state index in [1.165, 1.54) is 0 Å². The van der Waals surface area contributed by atoms with Crippen molar-refractivity contribution in [3.05, 3.63) is 41.2 Å². The maximum atomic E-state index is 12.3. The molecule has 3 aromatic rings. The van der Waals surface area contributed by atoms with Crippen molar-refractivity contribution < 1.29 is 9.53 Å². The van der Waals surface area contributed by atoms with Crippen LogP contribution in [0.25, 0.3) is 16.6 Å². The Morgan fingerprint density at radius 1 is 1.26 bits per heavy atom. The molecule has 1 N–H and O–H groups in total. The Morgan fingerprint density at radius 3 is 2.85 bits per heavy atom. The van der Waals surface area contributed by atoms with Crippen molar-refractivity contribution in [2.75, 3.05) is 19.8 Å². The molecule has 1 amide bonds. The van der Waals surface area contributed by atoms with E-state index in [9.17, 15) is 4.79 Å². The molecule has 3 heterocycles. The topological polar surface area (TPSA) is 68.5 Å². The second-order valence-corrected chi connectivity index (χ2v) is 7.37. The largest absolute Gasteiger partial charge is 0.381 e. The van der Waals surface area contributed by atoms with Gasteiger partial charge in [-0.05, 0) is 56.7 Å². The third-order valence-electron chi connectivity index (χ3n) is 5.55. The van der Waals surface area contributed by atoms with Gasteiger partial charge in [-0.15, -0.1) is 0 Å². The number of aryl methyl sites for hydroxylation is 2. The molecule has 1 aromatic carbocycles. The van der Waals surface area contributed by atoms with Crippen LogP contribution in [0.1, 0.15) is 36.2 Å². The number of hydrogen-bond acceptors (Lipinski definition) is 4. The Kier molecular flexibility index (Phi) is 5.07. The predicted molar refractivity (Wildman–Crippen MR) is 105 cm³/mol. The van der Waals surface area contributed by atoms with Crippen molar-refractivity contribution in [3.8, 4) is 0 Å². The van der Waals surface area contributed by atoms with Gasteiger partial charge >= 0.3 is 0 Å². The van der Waals surface area contributed by atoms with E-state index in [1.807, 2.05) is 35.7 Å². The van der Waals surface area contributed by atoms with Gasteiger partial charge in [-0.25, -0.2) is 9.50 Å². The summed E-state index contributed by atoms with van der Waals surface area (Å²) in [6.07, 6.45) is 3.22. The second-order valence-electron chi connectivity index (χ2n) is 7.37. The summed E-state index contributed by atoms with van der Waals surface area (Å²) in [5, 5.41) is 8.83. The third kappa shape index (κ3) is 3.67. The number of hydrogen-bond donors (Lipinski definition) is 1. The van der Waals surface area contributed by atoms with Gasteiger partial charge in [-0.3, -0.25) is 4.79 Å². The molecule has 0 radical (unpaired) electrons. The first kappa shape index (κ1) is 17.9. The predicted octanol–water partition coefficient (Wildman–Crippen LogP) is 2.97. The number of rotatable bonds is 5. The highest BCUT2D eigenvalue weighted by molar-refractivity contribution is 5.92. The summed E-state index contributed by atoms with van der Waals surface area (Å²) in [5.74, 6) is 0.645. The van der Waals surface area contributed by atoms with Gasteiger partial charge in [0.25, 0.3) is 0 Å². The van der Waals surface area contributed by atoms with Gasteiger partial charge in [0.2, 0.25) is 5.91 Å². The molecule has 1 aliphatic heterocycles. The van der Waals surface area contributed by atoms with E-state index in [4.69, 9.17) is 9.72 Å². The Balaban J connectivity index is 1.46. The first-order chi connectivity index (χ1) is 13.1. The van der Waals surface area contributed by atoms with Crippen LogP contribution in [0, 0.1) is 19.8 Å². The molecule has 1 aliphatic rings. The highest BCUT2D eigenvalue weighted by atomic mass is 16.5. The first-order valence-electron chi connectivity index (χ1n) is 9.71. The van der Waals surface area contributed by atoms with Crippen molar-refractivity contribution in [2.45, 2.75) is 39.5 Å². The van der Waals surface area contributed by atoms with Gasteiger partial charge in [0.15, 0.2) is 5.65 Å². The van der Waals surface area contributed by atoms with E-state index in [0.29, 0.717) is 18.8 Å². The molecule has 0 spiro atoms. The zero-order valence-corrected chi connectivity index (χ0v) is 16.0.